The lowest BCUT2D eigenvalue weighted by Gasteiger charge is -2.28. The molecule has 4 rings (SSSR count). The smallest absolute Gasteiger partial charge is 0.343 e. The molecule has 0 N–H and O–H groups in total. The van der Waals surface area contributed by atoms with Crippen molar-refractivity contribution in [3.8, 4) is 5.75 Å². The van der Waals surface area contributed by atoms with E-state index in [1.54, 1.807) is 24.4 Å². The lowest BCUT2D eigenvalue weighted by Crippen LogP contribution is -2.21. The predicted octanol–water partition coefficient (Wildman–Crippen LogP) is 6.34. The van der Waals surface area contributed by atoms with Crippen molar-refractivity contribution in [1.82, 2.24) is 4.98 Å². The van der Waals surface area contributed by atoms with Gasteiger partial charge in [-0.3, -0.25) is 0 Å². The number of ether oxygens (including phenoxy) is 1. The number of hydrogen-bond acceptors (Lipinski definition) is 5. The molecule has 0 radical (unpaired) electrons. The van der Waals surface area contributed by atoms with Gasteiger partial charge in [0, 0.05) is 23.3 Å². The zero-order valence-electron chi connectivity index (χ0n) is 16.8. The van der Waals surface area contributed by atoms with Crippen molar-refractivity contribution in [3.05, 3.63) is 100 Å². The van der Waals surface area contributed by atoms with Crippen LogP contribution >= 0.6 is 23.4 Å². The first-order chi connectivity index (χ1) is 14.4. The number of rotatable bonds is 4. The maximum Gasteiger partial charge on any atom is 0.343 e. The van der Waals surface area contributed by atoms with E-state index in [4.69, 9.17) is 16.3 Å². The molecule has 0 saturated carbocycles. The van der Waals surface area contributed by atoms with Crippen LogP contribution in [-0.4, -0.2) is 16.7 Å². The zero-order valence-corrected chi connectivity index (χ0v) is 18.3. The molecule has 1 aliphatic rings. The Bertz CT molecular complexity index is 1110. The highest BCUT2D eigenvalue weighted by atomic mass is 35.5. The lowest BCUT2D eigenvalue weighted by atomic mass is 10.1. The van der Waals surface area contributed by atoms with E-state index in [0.717, 1.165) is 22.7 Å². The highest BCUT2D eigenvalue weighted by Gasteiger charge is 2.31. The van der Waals surface area contributed by atoms with E-state index >= 15 is 0 Å². The molecule has 3 aromatic rings. The highest BCUT2D eigenvalue weighted by molar-refractivity contribution is 8.00. The molecule has 1 aromatic heterocycles. The van der Waals surface area contributed by atoms with E-state index in [9.17, 15) is 4.79 Å². The minimum absolute atomic E-state index is 0.156. The van der Waals surface area contributed by atoms with Crippen molar-refractivity contribution in [1.29, 1.82) is 0 Å². The predicted molar refractivity (Wildman–Crippen MR) is 123 cm³/mol. The Labute approximate surface area is 185 Å². The Morgan fingerprint density at radius 2 is 1.97 bits per heavy atom. The van der Waals surface area contributed by atoms with E-state index in [0.29, 0.717) is 5.56 Å². The fraction of sp³-hybridized carbons (Fsp3) is 0.167. The van der Waals surface area contributed by atoms with Gasteiger partial charge in [-0.1, -0.05) is 48.0 Å². The number of anilines is 1. The standard InChI is InChI=1S/C24H21ClN2O2S/c1-15-6-8-18(9-7-15)23-27(17(3)14-30-23)20-11-10-19(13-16(20)2)24(28)29-21-5-4-12-26-22(21)25/h4-13,23H,3,14H2,1-2H3. The Kier molecular flexibility index (Phi) is 5.84. The average molecular weight is 437 g/mol. The van der Waals surface area contributed by atoms with E-state index < -0.39 is 5.97 Å². The molecule has 0 spiro atoms. The highest BCUT2D eigenvalue weighted by Crippen LogP contribution is 2.46. The van der Waals surface area contributed by atoms with Crippen molar-refractivity contribution >= 4 is 35.0 Å². The van der Waals surface area contributed by atoms with Crippen LogP contribution in [0.2, 0.25) is 5.15 Å². The monoisotopic (exact) mass is 436 g/mol. The number of carbonyl (C=O) groups is 1. The van der Waals surface area contributed by atoms with Crippen LogP contribution in [-0.2, 0) is 0 Å². The molecule has 0 bridgehead atoms. The largest absolute Gasteiger partial charge is 0.420 e. The molecular weight excluding hydrogens is 416 g/mol. The molecule has 6 heteroatoms. The van der Waals surface area contributed by atoms with Crippen LogP contribution in [0.1, 0.15) is 32.4 Å². The fourth-order valence-corrected chi connectivity index (χ4v) is 4.83. The number of hydrogen-bond donors (Lipinski definition) is 0. The SMILES string of the molecule is C=C1CSC(c2ccc(C)cc2)N1c1ccc(C(=O)Oc2cccnc2Cl)cc1C. The van der Waals surface area contributed by atoms with Gasteiger partial charge in [-0.05, 0) is 55.3 Å². The number of carbonyl (C=O) groups excluding carboxylic acids is 1. The summed E-state index contributed by atoms with van der Waals surface area (Å²) in [6.07, 6.45) is 1.55. The van der Waals surface area contributed by atoms with Crippen molar-refractivity contribution in [2.45, 2.75) is 19.2 Å². The molecule has 1 atom stereocenters. The Hall–Kier alpha value is -2.76. The zero-order chi connectivity index (χ0) is 21.3. The van der Waals surface area contributed by atoms with Crippen LogP contribution in [0.3, 0.4) is 0 Å². The lowest BCUT2D eigenvalue weighted by molar-refractivity contribution is 0.0734. The Balaban J connectivity index is 1.60. The van der Waals surface area contributed by atoms with Crippen LogP contribution in [0.15, 0.2) is 73.1 Å². The van der Waals surface area contributed by atoms with Crippen molar-refractivity contribution < 1.29 is 9.53 Å². The van der Waals surface area contributed by atoms with Crippen molar-refractivity contribution in [3.63, 3.8) is 0 Å². The van der Waals surface area contributed by atoms with Gasteiger partial charge in [-0.15, -0.1) is 11.8 Å². The maximum absolute atomic E-state index is 12.6. The third-order valence-electron chi connectivity index (χ3n) is 4.97. The summed E-state index contributed by atoms with van der Waals surface area (Å²) in [7, 11) is 0. The summed E-state index contributed by atoms with van der Waals surface area (Å²) in [6.45, 7) is 8.34. The van der Waals surface area contributed by atoms with E-state index in [-0.39, 0.29) is 16.3 Å². The number of nitrogens with zero attached hydrogens (tertiary/aromatic N) is 2. The summed E-state index contributed by atoms with van der Waals surface area (Å²) >= 11 is 7.84. The summed E-state index contributed by atoms with van der Waals surface area (Å²) < 4.78 is 5.41. The van der Waals surface area contributed by atoms with Crippen LogP contribution in [0.4, 0.5) is 5.69 Å². The fourth-order valence-electron chi connectivity index (χ4n) is 3.42. The summed E-state index contributed by atoms with van der Waals surface area (Å²) in [5, 5.41) is 0.314. The normalized spacial score (nSPS) is 16.0. The maximum atomic E-state index is 12.6. The summed E-state index contributed by atoms with van der Waals surface area (Å²) in [5.74, 6) is 0.639. The Morgan fingerprint density at radius 3 is 2.67 bits per heavy atom. The third kappa shape index (κ3) is 4.09. The molecule has 4 nitrogen and oxygen atoms in total. The van der Waals surface area contributed by atoms with Gasteiger partial charge in [0.15, 0.2) is 10.9 Å². The Morgan fingerprint density at radius 1 is 1.20 bits per heavy atom. The number of thioether (sulfide) groups is 1. The number of aryl methyl sites for hydroxylation is 2. The molecular formula is C24H21ClN2O2S. The summed E-state index contributed by atoms with van der Waals surface area (Å²) in [6, 6.07) is 17.4. The van der Waals surface area contributed by atoms with E-state index in [2.05, 4.69) is 47.7 Å². The first-order valence-corrected chi connectivity index (χ1v) is 11.0. The molecule has 30 heavy (non-hydrogen) atoms. The number of benzene rings is 2. The minimum atomic E-state index is -0.468. The molecule has 1 unspecified atom stereocenters. The van der Waals surface area contributed by atoms with Gasteiger partial charge in [-0.25, -0.2) is 9.78 Å². The third-order valence-corrected chi connectivity index (χ3v) is 6.55. The minimum Gasteiger partial charge on any atom is -0.420 e. The first-order valence-electron chi connectivity index (χ1n) is 9.52. The second kappa shape index (κ2) is 8.54. The number of aromatic nitrogens is 1. The molecule has 2 aromatic carbocycles. The second-order valence-electron chi connectivity index (χ2n) is 7.19. The molecule has 1 saturated heterocycles. The quantitative estimate of drug-likeness (QED) is 0.352. The van der Waals surface area contributed by atoms with Gasteiger partial charge in [0.05, 0.1) is 5.56 Å². The average Bonchev–Trinajstić information content (AvgIpc) is 3.11. The second-order valence-corrected chi connectivity index (χ2v) is 8.62. The molecule has 152 valence electrons. The van der Waals surface area contributed by atoms with Crippen molar-refractivity contribution in [2.24, 2.45) is 0 Å². The molecule has 0 amide bonds. The number of esters is 1. The van der Waals surface area contributed by atoms with Crippen LogP contribution in [0.25, 0.3) is 0 Å². The van der Waals surface area contributed by atoms with Crippen molar-refractivity contribution in [2.75, 3.05) is 10.7 Å². The van der Waals surface area contributed by atoms with Gasteiger partial charge in [0.2, 0.25) is 0 Å². The first kappa shape index (κ1) is 20.5. The van der Waals surface area contributed by atoms with Crippen LogP contribution in [0.5, 0.6) is 5.75 Å². The van der Waals surface area contributed by atoms with E-state index in [1.165, 1.54) is 11.1 Å². The van der Waals surface area contributed by atoms with Crippen LogP contribution < -0.4 is 9.64 Å². The van der Waals surface area contributed by atoms with Crippen LogP contribution in [0, 0.1) is 13.8 Å². The van der Waals surface area contributed by atoms with Gasteiger partial charge in [0.25, 0.3) is 0 Å². The van der Waals surface area contributed by atoms with Gasteiger partial charge in [-0.2, -0.15) is 0 Å². The summed E-state index contributed by atoms with van der Waals surface area (Å²) in [5.41, 5.74) is 5.99. The van der Waals surface area contributed by atoms with Gasteiger partial charge < -0.3 is 9.64 Å². The molecule has 2 heterocycles. The molecule has 1 fully saturated rings. The molecule has 1 aliphatic heterocycles. The number of pyridine rings is 1. The molecule has 0 aliphatic carbocycles. The van der Waals surface area contributed by atoms with Gasteiger partial charge in [0.1, 0.15) is 5.37 Å². The number of halogens is 1. The summed E-state index contributed by atoms with van der Waals surface area (Å²) in [4.78, 5) is 18.8. The van der Waals surface area contributed by atoms with Gasteiger partial charge >= 0.3 is 5.97 Å². The van der Waals surface area contributed by atoms with E-state index in [1.807, 2.05) is 30.8 Å². The topological polar surface area (TPSA) is 42.4 Å².